The van der Waals surface area contributed by atoms with E-state index in [4.69, 9.17) is 21.6 Å². The molecule has 0 aliphatic rings. The minimum atomic E-state index is -0.173. The van der Waals surface area contributed by atoms with Gasteiger partial charge in [-0.1, -0.05) is 11.6 Å². The van der Waals surface area contributed by atoms with Gasteiger partial charge in [0.15, 0.2) is 5.96 Å². The summed E-state index contributed by atoms with van der Waals surface area (Å²) in [6.45, 7) is 1.94. The third-order valence-electron chi connectivity index (χ3n) is 3.21. The van der Waals surface area contributed by atoms with Crippen molar-refractivity contribution >= 4 is 17.6 Å². The smallest absolute Gasteiger partial charge is 0.250 e. The van der Waals surface area contributed by atoms with Gasteiger partial charge >= 0.3 is 0 Å². The SMILES string of the molecule is Cc1ccc(N=C(N)N=C(N)N)c(-c2nnc(-c3ccncc3)o2)c1. The Labute approximate surface area is 143 Å². The molecule has 1 aromatic carbocycles. The van der Waals surface area contributed by atoms with E-state index in [9.17, 15) is 0 Å². The van der Waals surface area contributed by atoms with E-state index in [1.807, 2.05) is 19.1 Å². The largest absolute Gasteiger partial charge is 0.416 e. The van der Waals surface area contributed by atoms with Crippen molar-refractivity contribution in [2.24, 2.45) is 27.2 Å². The summed E-state index contributed by atoms with van der Waals surface area (Å²) >= 11 is 0. The van der Waals surface area contributed by atoms with Crippen molar-refractivity contribution in [3.05, 3.63) is 48.3 Å². The van der Waals surface area contributed by atoms with E-state index in [-0.39, 0.29) is 11.9 Å². The van der Waals surface area contributed by atoms with Crippen molar-refractivity contribution < 1.29 is 4.42 Å². The third kappa shape index (κ3) is 3.78. The molecule has 3 rings (SSSR count). The molecule has 126 valence electrons. The molecule has 0 radical (unpaired) electrons. The van der Waals surface area contributed by atoms with Gasteiger partial charge < -0.3 is 21.6 Å². The maximum atomic E-state index is 5.77. The number of aromatic nitrogens is 3. The molecule has 0 fully saturated rings. The quantitative estimate of drug-likeness (QED) is 0.481. The van der Waals surface area contributed by atoms with E-state index < -0.39 is 0 Å². The number of aliphatic imine (C=N–C) groups is 2. The molecule has 0 unspecified atom stereocenters. The van der Waals surface area contributed by atoms with Crippen molar-refractivity contribution in [2.75, 3.05) is 0 Å². The van der Waals surface area contributed by atoms with Crippen molar-refractivity contribution in [2.45, 2.75) is 6.92 Å². The maximum Gasteiger partial charge on any atom is 0.250 e. The average molecular weight is 336 g/mol. The Morgan fingerprint density at radius 1 is 1.00 bits per heavy atom. The fourth-order valence-corrected chi connectivity index (χ4v) is 2.14. The zero-order chi connectivity index (χ0) is 17.8. The molecule has 2 aromatic heterocycles. The first-order chi connectivity index (χ1) is 12.0. The lowest BCUT2D eigenvalue weighted by Gasteiger charge is -2.03. The van der Waals surface area contributed by atoms with Gasteiger partial charge in [0.05, 0.1) is 11.3 Å². The Morgan fingerprint density at radius 2 is 1.72 bits per heavy atom. The monoisotopic (exact) mass is 336 g/mol. The van der Waals surface area contributed by atoms with Crippen LogP contribution in [0.15, 0.2) is 57.1 Å². The number of pyridine rings is 1. The summed E-state index contributed by atoms with van der Waals surface area (Å²) in [6.07, 6.45) is 3.30. The second-order valence-corrected chi connectivity index (χ2v) is 5.18. The van der Waals surface area contributed by atoms with Crippen molar-refractivity contribution in [3.63, 3.8) is 0 Å². The summed E-state index contributed by atoms with van der Waals surface area (Å²) in [5, 5.41) is 8.17. The Kier molecular flexibility index (Phi) is 4.38. The van der Waals surface area contributed by atoms with Gasteiger partial charge in [-0.05, 0) is 31.2 Å². The molecule has 9 nitrogen and oxygen atoms in total. The molecule has 0 saturated carbocycles. The highest BCUT2D eigenvalue weighted by Gasteiger charge is 2.14. The normalized spacial score (nSPS) is 11.3. The number of hydrogen-bond donors (Lipinski definition) is 3. The van der Waals surface area contributed by atoms with Crippen LogP contribution in [0, 0.1) is 6.92 Å². The zero-order valence-corrected chi connectivity index (χ0v) is 13.4. The topological polar surface area (TPSA) is 155 Å². The van der Waals surface area contributed by atoms with Crippen molar-refractivity contribution in [1.82, 2.24) is 15.2 Å². The van der Waals surface area contributed by atoms with Crippen LogP contribution in [-0.2, 0) is 0 Å². The zero-order valence-electron chi connectivity index (χ0n) is 13.4. The molecule has 0 atom stereocenters. The highest BCUT2D eigenvalue weighted by atomic mass is 16.4. The first-order valence-electron chi connectivity index (χ1n) is 7.31. The van der Waals surface area contributed by atoms with E-state index >= 15 is 0 Å². The van der Waals surface area contributed by atoms with Gasteiger partial charge in [0.2, 0.25) is 17.7 Å². The Morgan fingerprint density at radius 3 is 2.44 bits per heavy atom. The molecular formula is C16H16N8O. The van der Waals surface area contributed by atoms with Crippen LogP contribution in [0.4, 0.5) is 5.69 Å². The fourth-order valence-electron chi connectivity index (χ4n) is 2.14. The van der Waals surface area contributed by atoms with Crippen LogP contribution < -0.4 is 17.2 Å². The second-order valence-electron chi connectivity index (χ2n) is 5.18. The fraction of sp³-hybridized carbons (Fsp3) is 0.0625. The summed E-state index contributed by atoms with van der Waals surface area (Å²) < 4.78 is 5.77. The average Bonchev–Trinajstić information content (AvgIpc) is 3.06. The summed E-state index contributed by atoms with van der Waals surface area (Å²) in [4.78, 5) is 11.9. The standard InChI is InChI=1S/C16H16N8O/c1-9-2-3-12(21-16(19)22-15(17)18)11(8-9)14-24-23-13(25-14)10-4-6-20-7-5-10/h2-8H,1H3,(H6,17,18,19,21,22). The lowest BCUT2D eigenvalue weighted by Crippen LogP contribution is -2.26. The third-order valence-corrected chi connectivity index (χ3v) is 3.21. The summed E-state index contributed by atoms with van der Waals surface area (Å²) in [5.74, 6) is 0.449. The molecule has 0 bridgehead atoms. The molecular weight excluding hydrogens is 320 g/mol. The van der Waals surface area contributed by atoms with Gasteiger partial charge in [0.1, 0.15) is 0 Å². The van der Waals surface area contributed by atoms with E-state index in [1.165, 1.54) is 0 Å². The molecule has 0 spiro atoms. The number of nitrogens with two attached hydrogens (primary N) is 3. The van der Waals surface area contributed by atoms with Gasteiger partial charge in [0, 0.05) is 18.0 Å². The lowest BCUT2D eigenvalue weighted by molar-refractivity contribution is 0.584. The van der Waals surface area contributed by atoms with Crippen LogP contribution in [0.2, 0.25) is 0 Å². The van der Waals surface area contributed by atoms with Crippen LogP contribution in [0.25, 0.3) is 22.9 Å². The number of benzene rings is 1. The Hall–Kier alpha value is -3.75. The molecule has 3 aromatic rings. The van der Waals surface area contributed by atoms with E-state index in [2.05, 4.69) is 25.2 Å². The molecule has 6 N–H and O–H groups in total. The van der Waals surface area contributed by atoms with Crippen molar-refractivity contribution in [1.29, 1.82) is 0 Å². The van der Waals surface area contributed by atoms with E-state index in [0.29, 0.717) is 23.0 Å². The highest BCUT2D eigenvalue weighted by molar-refractivity contribution is 5.94. The van der Waals surface area contributed by atoms with Gasteiger partial charge in [-0.15, -0.1) is 10.2 Å². The molecule has 0 aliphatic carbocycles. The van der Waals surface area contributed by atoms with Crippen molar-refractivity contribution in [3.8, 4) is 22.9 Å². The minimum Gasteiger partial charge on any atom is -0.416 e. The molecule has 0 aliphatic heterocycles. The number of aryl methyl sites for hydroxylation is 1. The first kappa shape index (κ1) is 16.1. The summed E-state index contributed by atoms with van der Waals surface area (Å²) in [5.41, 5.74) is 19.2. The summed E-state index contributed by atoms with van der Waals surface area (Å²) in [7, 11) is 0. The van der Waals surface area contributed by atoms with Gasteiger partial charge in [-0.2, -0.15) is 4.99 Å². The summed E-state index contributed by atoms with van der Waals surface area (Å²) in [6, 6.07) is 9.08. The Bertz CT molecular complexity index is 942. The van der Waals surface area contributed by atoms with E-state index in [0.717, 1.165) is 11.1 Å². The lowest BCUT2D eigenvalue weighted by atomic mass is 10.1. The molecule has 2 heterocycles. The second kappa shape index (κ2) is 6.79. The van der Waals surface area contributed by atoms with Crippen LogP contribution in [0.3, 0.4) is 0 Å². The Balaban J connectivity index is 2.04. The van der Waals surface area contributed by atoms with E-state index in [1.54, 1.807) is 30.6 Å². The number of hydrogen-bond acceptors (Lipinski definition) is 5. The van der Waals surface area contributed by atoms with Gasteiger partial charge in [0.25, 0.3) is 0 Å². The highest BCUT2D eigenvalue weighted by Crippen LogP contribution is 2.32. The van der Waals surface area contributed by atoms with Gasteiger partial charge in [-0.3, -0.25) is 4.98 Å². The minimum absolute atomic E-state index is 0.0704. The van der Waals surface area contributed by atoms with Crippen LogP contribution in [0.1, 0.15) is 5.56 Å². The maximum absolute atomic E-state index is 5.77. The van der Waals surface area contributed by atoms with Crippen LogP contribution in [-0.4, -0.2) is 27.1 Å². The molecule has 0 amide bonds. The predicted octanol–water partition coefficient (Wildman–Crippen LogP) is 1.33. The predicted molar refractivity (Wildman–Crippen MR) is 94.8 cm³/mol. The van der Waals surface area contributed by atoms with Crippen LogP contribution in [0.5, 0.6) is 0 Å². The van der Waals surface area contributed by atoms with Crippen LogP contribution >= 0.6 is 0 Å². The molecule has 25 heavy (non-hydrogen) atoms. The molecule has 0 saturated heterocycles. The number of nitrogens with zero attached hydrogens (tertiary/aromatic N) is 5. The first-order valence-corrected chi connectivity index (χ1v) is 7.31. The van der Waals surface area contributed by atoms with Gasteiger partial charge in [-0.25, -0.2) is 4.99 Å². The number of guanidine groups is 2. The number of rotatable bonds is 3. The molecule has 9 heteroatoms.